The van der Waals surface area contributed by atoms with Gasteiger partial charge in [-0.25, -0.2) is 9.97 Å². The molecule has 0 spiro atoms. The van der Waals surface area contributed by atoms with Crippen molar-refractivity contribution in [1.82, 2.24) is 19.3 Å². The predicted octanol–water partition coefficient (Wildman–Crippen LogP) is 3.78. The van der Waals surface area contributed by atoms with E-state index in [9.17, 15) is 0 Å². The van der Waals surface area contributed by atoms with E-state index in [0.717, 1.165) is 79.7 Å². The van der Waals surface area contributed by atoms with Gasteiger partial charge in [0, 0.05) is 92.3 Å². The van der Waals surface area contributed by atoms with E-state index >= 15 is 0 Å². The summed E-state index contributed by atoms with van der Waals surface area (Å²) >= 11 is 0. The first-order valence-corrected chi connectivity index (χ1v) is 13.5. The fraction of sp³-hybridized carbons (Fsp3) is 0.345. The zero-order chi connectivity index (χ0) is 26.3. The molecule has 0 saturated carbocycles. The van der Waals surface area contributed by atoms with Gasteiger partial charge < -0.3 is 35.2 Å². The third-order valence-corrected chi connectivity index (χ3v) is 8.10. The second-order valence-electron chi connectivity index (χ2n) is 10.4. The minimum absolute atomic E-state index is 0.363. The number of nitrogen functional groups attached to an aromatic ring is 1. The molecule has 4 aromatic rings. The Morgan fingerprint density at radius 3 is 2.82 bits per heavy atom. The Labute approximate surface area is 226 Å². The number of benzene rings is 2. The second-order valence-corrected chi connectivity index (χ2v) is 10.4. The van der Waals surface area contributed by atoms with E-state index < -0.39 is 0 Å². The molecule has 5 heterocycles. The Balaban J connectivity index is 1.13. The third-order valence-electron chi connectivity index (χ3n) is 8.10. The number of imidazole rings is 1. The molecule has 0 unspecified atom stereocenters. The molecule has 0 bridgehead atoms. The largest absolute Gasteiger partial charge is 0.489 e. The minimum atomic E-state index is 0.363. The number of ether oxygens (including phenoxy) is 2. The highest BCUT2D eigenvalue weighted by Gasteiger charge is 2.35. The van der Waals surface area contributed by atoms with Crippen LogP contribution in [0.15, 0.2) is 55.0 Å². The number of hydrogen-bond donors (Lipinski definition) is 3. The molecule has 0 amide bonds. The van der Waals surface area contributed by atoms with Crippen LogP contribution in [0.25, 0.3) is 16.9 Å². The first-order chi connectivity index (χ1) is 19.2. The van der Waals surface area contributed by atoms with Gasteiger partial charge in [0.15, 0.2) is 11.5 Å². The zero-order valence-corrected chi connectivity index (χ0v) is 21.7. The lowest BCUT2D eigenvalue weighted by Crippen LogP contribution is -2.59. The minimum Gasteiger partial charge on any atom is -0.489 e. The van der Waals surface area contributed by atoms with Crippen molar-refractivity contribution in [2.45, 2.75) is 24.9 Å². The molecule has 2 aromatic carbocycles. The van der Waals surface area contributed by atoms with Gasteiger partial charge in [-0.3, -0.25) is 4.90 Å². The van der Waals surface area contributed by atoms with Crippen molar-refractivity contribution >= 4 is 34.7 Å². The van der Waals surface area contributed by atoms with Gasteiger partial charge in [-0.05, 0) is 31.0 Å². The Bertz CT molecular complexity index is 1530. The van der Waals surface area contributed by atoms with Crippen LogP contribution < -0.4 is 20.7 Å². The number of nitrogens with two attached hydrogens (primary N) is 1. The summed E-state index contributed by atoms with van der Waals surface area (Å²) < 4.78 is 13.8. The van der Waals surface area contributed by atoms with Gasteiger partial charge in [-0.15, -0.1) is 0 Å². The number of nitrogens with zero attached hydrogens (tertiary/aromatic N) is 5. The van der Waals surface area contributed by atoms with Crippen molar-refractivity contribution in [3.05, 3.63) is 60.6 Å². The molecule has 200 valence electrons. The lowest BCUT2D eigenvalue weighted by atomic mass is 10.0. The Kier molecular flexibility index (Phi) is 6.05. The van der Waals surface area contributed by atoms with E-state index in [1.807, 2.05) is 35.0 Å². The van der Waals surface area contributed by atoms with Crippen LogP contribution in [0.4, 0.5) is 22.9 Å². The van der Waals surface area contributed by atoms with Gasteiger partial charge in [0.2, 0.25) is 0 Å². The number of fused-ring (bicyclic) bond motifs is 4. The van der Waals surface area contributed by atoms with Crippen LogP contribution >= 0.6 is 0 Å². The summed E-state index contributed by atoms with van der Waals surface area (Å²) in [7, 11) is 0. The second kappa shape index (κ2) is 9.87. The van der Waals surface area contributed by atoms with Crippen molar-refractivity contribution < 1.29 is 9.47 Å². The average molecular weight is 525 g/mol. The zero-order valence-electron chi connectivity index (χ0n) is 21.7. The topological polar surface area (TPSA) is 117 Å². The van der Waals surface area contributed by atoms with Crippen molar-refractivity contribution in [2.75, 3.05) is 55.4 Å². The van der Waals surface area contributed by atoms with Crippen LogP contribution in [-0.2, 0) is 4.74 Å². The summed E-state index contributed by atoms with van der Waals surface area (Å²) in [4.78, 5) is 14.5. The van der Waals surface area contributed by atoms with Crippen LogP contribution in [0.3, 0.4) is 0 Å². The molecule has 7 rings (SSSR count). The maximum atomic E-state index is 7.51. The highest BCUT2D eigenvalue weighted by molar-refractivity contribution is 5.87. The summed E-state index contributed by atoms with van der Waals surface area (Å²) in [6, 6.07) is 12.9. The molecule has 0 aliphatic carbocycles. The number of hydrogen-bond acceptors (Lipinski definition) is 9. The summed E-state index contributed by atoms with van der Waals surface area (Å²) in [6.07, 6.45) is 9.10. The Morgan fingerprint density at radius 1 is 1.08 bits per heavy atom. The maximum absolute atomic E-state index is 7.51. The lowest BCUT2D eigenvalue weighted by molar-refractivity contribution is 0.0231. The number of anilines is 4. The summed E-state index contributed by atoms with van der Waals surface area (Å²) in [5, 5.41) is 11.0. The summed E-state index contributed by atoms with van der Waals surface area (Å²) in [5.74, 6) is 1.53. The molecular formula is C29H32N8O2. The maximum Gasteiger partial charge on any atom is 0.180 e. The van der Waals surface area contributed by atoms with Gasteiger partial charge in [0.1, 0.15) is 12.4 Å². The van der Waals surface area contributed by atoms with E-state index in [1.54, 1.807) is 6.20 Å². The quantitative estimate of drug-likeness (QED) is 0.267. The standard InChI is InChI=1S/C29H32N8O2/c30-15-20-2-1-19(13-24(20)31)25-17-36-8-7-32-29(36)28(34-25)33-21-3-4-26-27(14-21)39-18-23-16-35(9-10-37(23)26)22-5-11-38-12-6-22/h1-4,7-8,13-15,17,22-23,30H,5-6,9-12,16,18,31H2,(H,33,34)/t23-/m1/s1. The molecule has 0 radical (unpaired) electrons. The molecule has 4 N–H and O–H groups in total. The van der Waals surface area contributed by atoms with E-state index in [1.165, 1.54) is 6.21 Å². The first-order valence-electron chi connectivity index (χ1n) is 13.5. The van der Waals surface area contributed by atoms with Crippen molar-refractivity contribution in [1.29, 1.82) is 5.41 Å². The molecule has 2 fully saturated rings. The fourth-order valence-corrected chi connectivity index (χ4v) is 6.01. The molecular weight excluding hydrogens is 492 g/mol. The van der Waals surface area contributed by atoms with Crippen molar-refractivity contribution in [2.24, 2.45) is 0 Å². The van der Waals surface area contributed by atoms with Gasteiger partial charge in [0.25, 0.3) is 0 Å². The highest BCUT2D eigenvalue weighted by Crippen LogP contribution is 2.39. The van der Waals surface area contributed by atoms with Crippen LogP contribution in [0, 0.1) is 5.41 Å². The van der Waals surface area contributed by atoms with Gasteiger partial charge in [-0.2, -0.15) is 0 Å². The SMILES string of the molecule is N=Cc1ccc(-c2cn3ccnc3c(Nc3ccc4c(c3)OC[C@H]3CN(C5CCOCC5)CCN43)n2)cc1N. The highest BCUT2D eigenvalue weighted by atomic mass is 16.5. The van der Waals surface area contributed by atoms with Gasteiger partial charge in [0.05, 0.1) is 17.4 Å². The van der Waals surface area contributed by atoms with Crippen LogP contribution in [0.5, 0.6) is 5.75 Å². The van der Waals surface area contributed by atoms with Crippen molar-refractivity contribution in [3.63, 3.8) is 0 Å². The summed E-state index contributed by atoms with van der Waals surface area (Å²) in [6.45, 7) is 5.53. The number of nitrogens with one attached hydrogen (secondary N) is 2. The molecule has 10 nitrogen and oxygen atoms in total. The molecule has 3 aliphatic heterocycles. The molecule has 2 saturated heterocycles. The van der Waals surface area contributed by atoms with Gasteiger partial charge >= 0.3 is 0 Å². The number of rotatable bonds is 5. The van der Waals surface area contributed by atoms with E-state index in [4.69, 9.17) is 25.6 Å². The number of aromatic nitrogens is 3. The monoisotopic (exact) mass is 524 g/mol. The summed E-state index contributed by atoms with van der Waals surface area (Å²) in [5.41, 5.74) is 11.8. The van der Waals surface area contributed by atoms with Crippen LogP contribution in [0.2, 0.25) is 0 Å². The van der Waals surface area contributed by atoms with Crippen molar-refractivity contribution in [3.8, 4) is 17.0 Å². The smallest absolute Gasteiger partial charge is 0.180 e. The third kappa shape index (κ3) is 4.45. The van der Waals surface area contributed by atoms with E-state index in [2.05, 4.69) is 38.3 Å². The molecule has 2 aromatic heterocycles. The molecule has 10 heteroatoms. The first kappa shape index (κ1) is 23.9. The average Bonchev–Trinajstić information content (AvgIpc) is 3.46. The fourth-order valence-electron chi connectivity index (χ4n) is 6.01. The Hall–Kier alpha value is -4.15. The predicted molar refractivity (Wildman–Crippen MR) is 152 cm³/mol. The lowest BCUT2D eigenvalue weighted by Gasteiger charge is -2.48. The Morgan fingerprint density at radius 2 is 1.97 bits per heavy atom. The molecule has 39 heavy (non-hydrogen) atoms. The van der Waals surface area contributed by atoms with Gasteiger partial charge in [-0.1, -0.05) is 12.1 Å². The van der Waals surface area contributed by atoms with E-state index in [-0.39, 0.29) is 0 Å². The van der Waals surface area contributed by atoms with Crippen LogP contribution in [0.1, 0.15) is 18.4 Å². The van der Waals surface area contributed by atoms with E-state index in [0.29, 0.717) is 35.8 Å². The molecule has 3 aliphatic rings. The normalized spacial score (nSPS) is 19.8. The van der Waals surface area contributed by atoms with Crippen LogP contribution in [-0.4, -0.2) is 77.0 Å². The number of piperazine rings is 1. The molecule has 1 atom stereocenters.